The van der Waals surface area contributed by atoms with Gasteiger partial charge in [-0.2, -0.15) is 10.2 Å². The molecule has 0 spiro atoms. The van der Waals surface area contributed by atoms with E-state index in [9.17, 15) is 9.59 Å². The van der Waals surface area contributed by atoms with Gasteiger partial charge in [0.25, 0.3) is 0 Å². The van der Waals surface area contributed by atoms with Crippen LogP contribution in [0.1, 0.15) is 98.8 Å². The minimum Gasteiger partial charge on any atom is -0.459 e. The summed E-state index contributed by atoms with van der Waals surface area (Å²) >= 11 is 0. The minimum atomic E-state index is -0.252. The number of carbonyl (C=O) groups excluding carboxylic acids is 2. The van der Waals surface area contributed by atoms with Gasteiger partial charge in [-0.3, -0.25) is 0 Å². The normalized spacial score (nSPS) is 17.1. The second-order valence-corrected chi connectivity index (χ2v) is 13.5. The monoisotopic (exact) mass is 642 g/mol. The number of benzene rings is 4. The van der Waals surface area contributed by atoms with Crippen molar-refractivity contribution in [2.45, 2.75) is 90.3 Å². The van der Waals surface area contributed by atoms with Crippen molar-refractivity contribution in [2.24, 2.45) is 22.1 Å². The third-order valence-electron chi connectivity index (χ3n) is 10.1. The molecule has 4 aromatic carbocycles. The molecule has 2 saturated carbocycles. The second kappa shape index (κ2) is 16.0. The van der Waals surface area contributed by atoms with Crippen LogP contribution in [0, 0.1) is 11.8 Å². The highest BCUT2D eigenvalue weighted by molar-refractivity contribution is 5.91. The fraction of sp³-hybridized carbons (Fsp3) is 0.381. The Hall–Kier alpha value is -4.58. The lowest BCUT2D eigenvalue weighted by atomic mass is 9.86. The summed E-state index contributed by atoms with van der Waals surface area (Å²) in [6, 6.07) is 30.9. The van der Waals surface area contributed by atoms with Crippen LogP contribution >= 0.6 is 0 Å². The molecule has 6 rings (SSSR count). The average Bonchev–Trinajstić information content (AvgIpc) is 3.15. The van der Waals surface area contributed by atoms with E-state index in [4.69, 9.17) is 9.47 Å². The van der Waals surface area contributed by atoms with E-state index in [1.54, 1.807) is 0 Å². The molecule has 6 nitrogen and oxygen atoms in total. The van der Waals surface area contributed by atoms with Crippen molar-refractivity contribution in [3.63, 3.8) is 0 Å². The fourth-order valence-electron chi connectivity index (χ4n) is 7.03. The summed E-state index contributed by atoms with van der Waals surface area (Å²) < 4.78 is 11.6. The first-order valence-electron chi connectivity index (χ1n) is 17.7. The molecule has 0 aliphatic heterocycles. The van der Waals surface area contributed by atoms with E-state index >= 15 is 0 Å². The maximum Gasteiger partial charge on any atom is 0.338 e. The molecule has 2 aliphatic rings. The number of rotatable bonds is 10. The highest BCUT2D eigenvalue weighted by Crippen LogP contribution is 2.31. The first-order chi connectivity index (χ1) is 23.4. The molecule has 0 aromatic heterocycles. The van der Waals surface area contributed by atoms with Gasteiger partial charge in [0.2, 0.25) is 0 Å². The number of ether oxygens (including phenoxy) is 2. The number of azo groups is 1. The second-order valence-electron chi connectivity index (χ2n) is 13.5. The van der Waals surface area contributed by atoms with E-state index in [0.29, 0.717) is 23.0 Å². The highest BCUT2D eigenvalue weighted by atomic mass is 16.5. The molecule has 248 valence electrons. The summed E-state index contributed by atoms with van der Waals surface area (Å²) in [5, 5.41) is 8.84. The van der Waals surface area contributed by atoms with Crippen LogP contribution < -0.4 is 0 Å². The van der Waals surface area contributed by atoms with Crippen LogP contribution in [0.3, 0.4) is 0 Å². The lowest BCUT2D eigenvalue weighted by Gasteiger charge is -2.27. The molecular weight excluding hydrogens is 596 g/mol. The number of hydrogen-bond donors (Lipinski definition) is 0. The van der Waals surface area contributed by atoms with Crippen molar-refractivity contribution in [3.05, 3.63) is 108 Å². The predicted molar refractivity (Wildman–Crippen MR) is 191 cm³/mol. The zero-order chi connectivity index (χ0) is 33.3. The van der Waals surface area contributed by atoms with Crippen molar-refractivity contribution in [2.75, 3.05) is 0 Å². The molecule has 2 aliphatic carbocycles. The van der Waals surface area contributed by atoms with Crippen molar-refractivity contribution in [1.82, 2.24) is 0 Å². The Morgan fingerprint density at radius 2 is 0.771 bits per heavy atom. The van der Waals surface area contributed by atoms with Gasteiger partial charge in [0.1, 0.15) is 12.2 Å². The molecular formula is C42H46N2O4. The van der Waals surface area contributed by atoms with E-state index in [2.05, 4.69) is 10.2 Å². The van der Waals surface area contributed by atoms with Crippen molar-refractivity contribution in [1.29, 1.82) is 0 Å². The summed E-state index contributed by atoms with van der Waals surface area (Å²) in [7, 11) is 0. The smallest absolute Gasteiger partial charge is 0.338 e. The molecule has 0 saturated heterocycles. The molecule has 2 fully saturated rings. The topological polar surface area (TPSA) is 77.3 Å². The Morgan fingerprint density at radius 1 is 0.479 bits per heavy atom. The quantitative estimate of drug-likeness (QED) is 0.127. The molecule has 0 N–H and O–H groups in total. The first kappa shape index (κ1) is 33.3. The molecule has 0 amide bonds. The Bertz CT molecular complexity index is 1540. The molecule has 2 atom stereocenters. The van der Waals surface area contributed by atoms with Gasteiger partial charge >= 0.3 is 11.9 Å². The largest absolute Gasteiger partial charge is 0.459 e. The van der Waals surface area contributed by atoms with Gasteiger partial charge < -0.3 is 9.47 Å². The van der Waals surface area contributed by atoms with Crippen LogP contribution in [-0.2, 0) is 9.47 Å². The Labute approximate surface area is 284 Å². The maximum atomic E-state index is 12.7. The van der Waals surface area contributed by atoms with Crippen LogP contribution in [-0.4, -0.2) is 24.1 Å². The predicted octanol–water partition coefficient (Wildman–Crippen LogP) is 11.7. The van der Waals surface area contributed by atoms with E-state index in [-0.39, 0.29) is 24.1 Å². The van der Waals surface area contributed by atoms with Crippen molar-refractivity contribution >= 4 is 23.3 Å². The van der Waals surface area contributed by atoms with Gasteiger partial charge in [-0.25, -0.2) is 9.59 Å². The lowest BCUT2D eigenvalue weighted by Crippen LogP contribution is -2.25. The molecule has 0 bridgehead atoms. The van der Waals surface area contributed by atoms with Crippen molar-refractivity contribution < 1.29 is 19.1 Å². The summed E-state index contributed by atoms with van der Waals surface area (Å²) in [5.41, 5.74) is 6.76. The van der Waals surface area contributed by atoms with Gasteiger partial charge in [0.15, 0.2) is 0 Å². The summed E-state index contributed by atoms with van der Waals surface area (Å²) in [6.07, 6.45) is 12.0. The standard InChI is InChI=1S/C42H46N2O4/c1-29(31-9-5-3-6-10-31)47-41(45)37-17-13-33(14-18-37)35-21-25-39(26-22-35)43-44-40-27-23-36(24-28-40)34-15-19-38(20-16-34)42(46)48-30(2)32-11-7-4-8-12-32/h13-32H,3-12H2,1-2H3/t29-,30-/m1/s1. The van der Waals surface area contributed by atoms with E-state index in [1.807, 2.05) is 111 Å². The lowest BCUT2D eigenvalue weighted by molar-refractivity contribution is 0.0133. The van der Waals surface area contributed by atoms with Crippen LogP contribution in [0.2, 0.25) is 0 Å². The van der Waals surface area contributed by atoms with Crippen molar-refractivity contribution in [3.8, 4) is 22.3 Å². The Kier molecular flexibility index (Phi) is 11.1. The summed E-state index contributed by atoms with van der Waals surface area (Å²) in [6.45, 7) is 4.05. The molecule has 0 unspecified atom stereocenters. The molecule has 4 aromatic rings. The van der Waals surface area contributed by atoms with Crippen LogP contribution in [0.5, 0.6) is 0 Å². The third-order valence-corrected chi connectivity index (χ3v) is 10.1. The molecule has 6 heteroatoms. The number of hydrogen-bond acceptors (Lipinski definition) is 6. The fourth-order valence-corrected chi connectivity index (χ4v) is 7.03. The van der Waals surface area contributed by atoms with Gasteiger partial charge in [-0.05, 0) is 122 Å². The SMILES string of the molecule is C[C@@H](OC(=O)c1ccc(-c2ccc(N=Nc3ccc(-c4ccc(C(=O)O[C@H](C)C5CCCCC5)cc4)cc3)cc2)cc1)C1CCCCC1. The Morgan fingerprint density at radius 3 is 1.08 bits per heavy atom. The summed E-state index contributed by atoms with van der Waals surface area (Å²) in [5.74, 6) is 0.439. The first-order valence-corrected chi connectivity index (χ1v) is 17.7. The molecule has 48 heavy (non-hydrogen) atoms. The maximum absolute atomic E-state index is 12.7. The molecule has 0 radical (unpaired) electrons. The zero-order valence-corrected chi connectivity index (χ0v) is 28.1. The van der Waals surface area contributed by atoms with E-state index < -0.39 is 0 Å². The van der Waals surface area contributed by atoms with Crippen LogP contribution in [0.25, 0.3) is 22.3 Å². The van der Waals surface area contributed by atoms with E-state index in [1.165, 1.54) is 38.5 Å². The number of nitrogens with zero attached hydrogens (tertiary/aromatic N) is 2. The third kappa shape index (κ3) is 8.66. The van der Waals surface area contributed by atoms with Gasteiger partial charge in [-0.1, -0.05) is 87.1 Å². The van der Waals surface area contributed by atoms with Crippen LogP contribution in [0.15, 0.2) is 107 Å². The van der Waals surface area contributed by atoms with Crippen LogP contribution in [0.4, 0.5) is 11.4 Å². The highest BCUT2D eigenvalue weighted by Gasteiger charge is 2.25. The molecule has 0 heterocycles. The zero-order valence-electron chi connectivity index (χ0n) is 28.1. The minimum absolute atomic E-state index is 0.0485. The number of esters is 2. The average molecular weight is 643 g/mol. The number of carbonyl (C=O) groups is 2. The summed E-state index contributed by atoms with van der Waals surface area (Å²) in [4.78, 5) is 25.4. The van der Waals surface area contributed by atoms with Gasteiger partial charge in [-0.15, -0.1) is 0 Å². The van der Waals surface area contributed by atoms with Gasteiger partial charge in [0, 0.05) is 0 Å². The van der Waals surface area contributed by atoms with Gasteiger partial charge in [0.05, 0.1) is 22.5 Å². The Balaban J connectivity index is 1.00. The van der Waals surface area contributed by atoms with E-state index in [0.717, 1.165) is 59.3 Å².